The predicted octanol–water partition coefficient (Wildman–Crippen LogP) is 10.2. The number of carbonyl (C=O) groups is 1. The maximum Gasteiger partial charge on any atom is 0.472 e. The molecule has 0 fully saturated rings. The second-order valence-electron chi connectivity index (χ2n) is 11.7. The predicted molar refractivity (Wildman–Crippen MR) is 196 cm³/mol. The Morgan fingerprint density at radius 3 is 1.81 bits per heavy atom. The van der Waals surface area contributed by atoms with Gasteiger partial charge in [0.25, 0.3) is 0 Å². The zero-order chi connectivity index (χ0) is 34.5. The van der Waals surface area contributed by atoms with E-state index in [1.54, 1.807) is 0 Å². The van der Waals surface area contributed by atoms with Crippen molar-refractivity contribution >= 4 is 13.8 Å². The van der Waals surface area contributed by atoms with E-state index in [0.29, 0.717) is 13.0 Å². The summed E-state index contributed by atoms with van der Waals surface area (Å²) in [6, 6.07) is 0. The Balaban J connectivity index is 4.22. The van der Waals surface area contributed by atoms with E-state index in [4.69, 9.17) is 24.3 Å². The van der Waals surface area contributed by atoms with Crippen LogP contribution < -0.4 is 5.73 Å². The lowest BCUT2D eigenvalue weighted by molar-refractivity contribution is -0.154. The van der Waals surface area contributed by atoms with E-state index in [1.807, 2.05) is 0 Å². The molecular formula is C38H68NO7P. The third kappa shape index (κ3) is 35.3. The summed E-state index contributed by atoms with van der Waals surface area (Å²) in [6.07, 6.45) is 40.9. The van der Waals surface area contributed by atoms with Crippen molar-refractivity contribution in [2.24, 2.45) is 5.73 Å². The summed E-state index contributed by atoms with van der Waals surface area (Å²) < 4.78 is 33.2. The molecule has 0 aromatic carbocycles. The SMILES string of the molecule is CC/C=C\C/C=C\C/C=C\C/C=C\CCCCC(=O)OC(COCCCCCCCC/C=C\CCCCC)COP(=O)(O)OCCN. The van der Waals surface area contributed by atoms with Gasteiger partial charge in [0.1, 0.15) is 6.10 Å². The molecule has 0 bridgehead atoms. The van der Waals surface area contributed by atoms with Crippen molar-refractivity contribution in [3.05, 3.63) is 60.8 Å². The van der Waals surface area contributed by atoms with Crippen molar-refractivity contribution < 1.29 is 32.8 Å². The van der Waals surface area contributed by atoms with Gasteiger partial charge in [-0.25, -0.2) is 4.57 Å². The highest BCUT2D eigenvalue weighted by molar-refractivity contribution is 7.47. The lowest BCUT2D eigenvalue weighted by Crippen LogP contribution is -2.28. The van der Waals surface area contributed by atoms with Crippen molar-refractivity contribution in [2.45, 2.75) is 142 Å². The summed E-state index contributed by atoms with van der Waals surface area (Å²) in [7, 11) is -4.28. The summed E-state index contributed by atoms with van der Waals surface area (Å²) >= 11 is 0. The summed E-state index contributed by atoms with van der Waals surface area (Å²) in [5, 5.41) is 0. The lowest BCUT2D eigenvalue weighted by atomic mass is 10.1. The fourth-order valence-electron chi connectivity index (χ4n) is 4.51. The summed E-state index contributed by atoms with van der Waals surface area (Å²) in [5.74, 6) is -0.376. The number of nitrogens with two attached hydrogens (primary N) is 1. The molecule has 3 N–H and O–H groups in total. The van der Waals surface area contributed by atoms with Crippen molar-refractivity contribution in [1.82, 2.24) is 0 Å². The molecule has 0 aromatic heterocycles. The van der Waals surface area contributed by atoms with Crippen LogP contribution in [0.3, 0.4) is 0 Å². The van der Waals surface area contributed by atoms with E-state index in [-0.39, 0.29) is 38.8 Å². The highest BCUT2D eigenvalue weighted by Crippen LogP contribution is 2.43. The van der Waals surface area contributed by atoms with Crippen LogP contribution in [-0.2, 0) is 27.9 Å². The van der Waals surface area contributed by atoms with Crippen LogP contribution in [-0.4, -0.2) is 49.9 Å². The molecule has 2 atom stereocenters. The van der Waals surface area contributed by atoms with E-state index in [1.165, 1.54) is 51.4 Å². The monoisotopic (exact) mass is 681 g/mol. The summed E-state index contributed by atoms with van der Waals surface area (Å²) in [4.78, 5) is 22.3. The minimum Gasteiger partial charge on any atom is -0.457 e. The number of hydrogen-bond donors (Lipinski definition) is 2. The Labute approximate surface area is 287 Å². The van der Waals surface area contributed by atoms with Crippen LogP contribution in [0, 0.1) is 0 Å². The van der Waals surface area contributed by atoms with E-state index in [9.17, 15) is 14.3 Å². The molecule has 0 aliphatic carbocycles. The number of carbonyl (C=O) groups excluding carboxylic acids is 1. The fraction of sp³-hybridized carbons (Fsp3) is 0.711. The zero-order valence-electron chi connectivity index (χ0n) is 29.7. The molecule has 0 amide bonds. The quantitative estimate of drug-likeness (QED) is 0.0298. The number of unbranched alkanes of at least 4 members (excludes halogenated alkanes) is 11. The van der Waals surface area contributed by atoms with Crippen molar-refractivity contribution in [3.63, 3.8) is 0 Å². The maximum atomic E-state index is 12.5. The van der Waals surface area contributed by atoms with Crippen LogP contribution in [0.2, 0.25) is 0 Å². The van der Waals surface area contributed by atoms with Crippen LogP contribution in [0.25, 0.3) is 0 Å². The molecule has 0 aliphatic rings. The van der Waals surface area contributed by atoms with Gasteiger partial charge in [-0.1, -0.05) is 113 Å². The number of rotatable bonds is 34. The Morgan fingerprint density at radius 2 is 1.19 bits per heavy atom. The third-order valence-corrected chi connectivity index (χ3v) is 8.15. The van der Waals surface area contributed by atoms with E-state index in [0.717, 1.165) is 57.8 Å². The Hall–Kier alpha value is -1.80. The van der Waals surface area contributed by atoms with Gasteiger partial charge in [0.15, 0.2) is 0 Å². The summed E-state index contributed by atoms with van der Waals surface area (Å²) in [5.41, 5.74) is 5.34. The standard InChI is InChI=1S/C38H68NO7P/c1-3-5-7-9-11-13-15-17-18-19-21-23-25-27-29-31-38(40)46-37(36-45-47(41,42)44-34-32-39)35-43-33-30-28-26-24-22-20-16-14-12-10-8-6-4-2/h5,7,11-14,17-18,21,23,37H,3-4,6,8-10,15-16,19-20,22,24-36,39H2,1-2H3,(H,41,42)/b7-5-,13-11-,14-12-,18-17-,23-21-. The van der Waals surface area contributed by atoms with Crippen LogP contribution >= 0.6 is 7.82 Å². The zero-order valence-corrected chi connectivity index (χ0v) is 30.6. The minimum atomic E-state index is -4.28. The van der Waals surface area contributed by atoms with Gasteiger partial charge in [-0.05, 0) is 77.0 Å². The van der Waals surface area contributed by atoms with E-state index in [2.05, 4.69) is 74.6 Å². The molecule has 0 rings (SSSR count). The molecule has 2 unspecified atom stereocenters. The molecular weight excluding hydrogens is 613 g/mol. The first-order chi connectivity index (χ1) is 22.9. The minimum absolute atomic E-state index is 0.0898. The normalized spacial score (nSPS) is 14.4. The van der Waals surface area contributed by atoms with E-state index < -0.39 is 13.9 Å². The average Bonchev–Trinajstić information content (AvgIpc) is 3.06. The Morgan fingerprint density at radius 1 is 0.660 bits per heavy atom. The molecule has 0 aliphatic heterocycles. The second-order valence-corrected chi connectivity index (χ2v) is 13.2. The smallest absolute Gasteiger partial charge is 0.457 e. The highest BCUT2D eigenvalue weighted by atomic mass is 31.2. The van der Waals surface area contributed by atoms with Gasteiger partial charge in [-0.15, -0.1) is 0 Å². The first-order valence-electron chi connectivity index (χ1n) is 18.3. The number of ether oxygens (including phenoxy) is 2. The van der Waals surface area contributed by atoms with Gasteiger partial charge in [-0.2, -0.15) is 0 Å². The van der Waals surface area contributed by atoms with Crippen LogP contribution in [0.4, 0.5) is 0 Å². The van der Waals surface area contributed by atoms with Gasteiger partial charge >= 0.3 is 13.8 Å². The van der Waals surface area contributed by atoms with E-state index >= 15 is 0 Å². The Bertz CT molecular complexity index is 900. The lowest BCUT2D eigenvalue weighted by Gasteiger charge is -2.20. The fourth-order valence-corrected chi connectivity index (χ4v) is 5.27. The molecule has 0 aromatic rings. The van der Waals surface area contributed by atoms with Gasteiger partial charge in [0, 0.05) is 19.6 Å². The molecule has 0 radical (unpaired) electrons. The molecule has 0 saturated carbocycles. The number of hydrogen-bond acceptors (Lipinski definition) is 7. The van der Waals surface area contributed by atoms with Crippen LogP contribution in [0.5, 0.6) is 0 Å². The first kappa shape index (κ1) is 45.2. The second kappa shape index (κ2) is 35.5. The number of phosphoric acid groups is 1. The van der Waals surface area contributed by atoms with Gasteiger partial charge in [0.05, 0.1) is 19.8 Å². The van der Waals surface area contributed by atoms with Gasteiger partial charge in [0.2, 0.25) is 0 Å². The molecule has 47 heavy (non-hydrogen) atoms. The number of phosphoric ester groups is 1. The van der Waals surface area contributed by atoms with Gasteiger partial charge in [-0.3, -0.25) is 13.8 Å². The number of esters is 1. The average molecular weight is 682 g/mol. The maximum absolute atomic E-state index is 12.5. The van der Waals surface area contributed by atoms with Crippen LogP contribution in [0.15, 0.2) is 60.8 Å². The molecule has 272 valence electrons. The highest BCUT2D eigenvalue weighted by Gasteiger charge is 2.25. The first-order valence-corrected chi connectivity index (χ1v) is 19.8. The van der Waals surface area contributed by atoms with Crippen molar-refractivity contribution in [2.75, 3.05) is 33.0 Å². The summed E-state index contributed by atoms with van der Waals surface area (Å²) in [6.45, 7) is 4.68. The largest absolute Gasteiger partial charge is 0.472 e. The van der Waals surface area contributed by atoms with Crippen LogP contribution in [0.1, 0.15) is 136 Å². The molecule has 8 nitrogen and oxygen atoms in total. The molecule has 9 heteroatoms. The van der Waals surface area contributed by atoms with Crippen molar-refractivity contribution in [3.8, 4) is 0 Å². The molecule has 0 saturated heterocycles. The number of allylic oxidation sites excluding steroid dienone is 10. The van der Waals surface area contributed by atoms with Gasteiger partial charge < -0.3 is 20.1 Å². The van der Waals surface area contributed by atoms with Crippen molar-refractivity contribution in [1.29, 1.82) is 0 Å². The molecule has 0 spiro atoms. The topological polar surface area (TPSA) is 117 Å². The molecule has 0 heterocycles. The Kier molecular flexibility index (Phi) is 34.1. The third-order valence-electron chi connectivity index (χ3n) is 7.17.